The van der Waals surface area contributed by atoms with Crippen molar-refractivity contribution in [3.8, 4) is 0 Å². The van der Waals surface area contributed by atoms with Crippen molar-refractivity contribution in [3.05, 3.63) is 51.9 Å². The second kappa shape index (κ2) is 7.41. The lowest BCUT2D eigenvalue weighted by atomic mass is 10.2. The first-order chi connectivity index (χ1) is 13.7. The predicted octanol–water partition coefficient (Wildman–Crippen LogP) is 3.93. The Balaban J connectivity index is 1.90. The maximum Gasteiger partial charge on any atom is 0.329 e. The van der Waals surface area contributed by atoms with Crippen LogP contribution in [-0.2, 0) is 14.8 Å². The Morgan fingerprint density at radius 3 is 2.83 bits per heavy atom. The van der Waals surface area contributed by atoms with Gasteiger partial charge in [-0.05, 0) is 36.8 Å². The van der Waals surface area contributed by atoms with E-state index in [1.807, 2.05) is 0 Å². The standard InChI is InChI=1S/C17H11ClN4O4S3/c1-8-5-14-12(6-9(8)18)27-13(7-15(23)24)17(22-29(14,25)26)19-10-3-2-4-11-16(10)21-28-20-11/h2-7H,1H3,(H,19,22)(H,23,24)/b13-7+. The van der Waals surface area contributed by atoms with E-state index in [2.05, 4.69) is 18.5 Å². The molecule has 0 spiro atoms. The van der Waals surface area contributed by atoms with Crippen LogP contribution in [0.3, 0.4) is 0 Å². The van der Waals surface area contributed by atoms with Crippen molar-refractivity contribution in [2.24, 2.45) is 4.40 Å². The molecule has 1 aliphatic rings. The third-order valence-corrected chi connectivity index (χ3v) is 7.45. The number of hydrogen-bond donors (Lipinski definition) is 2. The Bertz CT molecular complexity index is 1330. The number of nitrogens with one attached hydrogen (secondary N) is 1. The van der Waals surface area contributed by atoms with Crippen LogP contribution in [0.15, 0.2) is 55.5 Å². The number of aliphatic carboxylic acids is 1. The van der Waals surface area contributed by atoms with Gasteiger partial charge in [0.2, 0.25) is 0 Å². The van der Waals surface area contributed by atoms with Crippen molar-refractivity contribution in [1.29, 1.82) is 0 Å². The highest BCUT2D eigenvalue weighted by molar-refractivity contribution is 8.05. The average molecular weight is 467 g/mol. The molecule has 3 aromatic rings. The number of rotatable bonds is 2. The molecule has 0 bridgehead atoms. The molecular weight excluding hydrogens is 456 g/mol. The Hall–Kier alpha value is -2.47. The lowest BCUT2D eigenvalue weighted by molar-refractivity contribution is -0.131. The number of sulfonamides is 1. The number of thioether (sulfide) groups is 1. The lowest BCUT2D eigenvalue weighted by Crippen LogP contribution is -2.16. The van der Waals surface area contributed by atoms with Crippen LogP contribution in [0.25, 0.3) is 11.0 Å². The van der Waals surface area contributed by atoms with Crippen molar-refractivity contribution < 1.29 is 18.3 Å². The second-order valence-corrected chi connectivity index (χ2v) is 9.57. The van der Waals surface area contributed by atoms with E-state index in [-0.39, 0.29) is 15.6 Å². The minimum absolute atomic E-state index is 0.0361. The van der Waals surface area contributed by atoms with Crippen molar-refractivity contribution in [3.63, 3.8) is 0 Å². The maximum absolute atomic E-state index is 12.9. The number of carbonyl (C=O) groups is 1. The molecule has 4 rings (SSSR count). The number of carboxylic acids is 1. The first-order valence-electron chi connectivity index (χ1n) is 8.01. The molecule has 148 valence electrons. The van der Waals surface area contributed by atoms with Gasteiger partial charge in [0.05, 0.1) is 22.3 Å². The molecule has 0 amide bonds. The number of carboxylic acid groups (broad SMARTS) is 1. The fourth-order valence-electron chi connectivity index (χ4n) is 2.63. The number of anilines is 1. The van der Waals surface area contributed by atoms with Crippen LogP contribution < -0.4 is 5.32 Å². The number of nitrogens with zero attached hydrogens (tertiary/aromatic N) is 3. The molecule has 1 aliphatic heterocycles. The van der Waals surface area contributed by atoms with Gasteiger partial charge in [0.15, 0.2) is 5.84 Å². The molecule has 0 radical (unpaired) electrons. The third-order valence-electron chi connectivity index (χ3n) is 3.96. The quantitative estimate of drug-likeness (QED) is 0.545. The van der Waals surface area contributed by atoms with Gasteiger partial charge in [-0.2, -0.15) is 17.2 Å². The zero-order chi connectivity index (χ0) is 20.8. The van der Waals surface area contributed by atoms with Gasteiger partial charge in [-0.15, -0.1) is 4.40 Å². The number of aryl methyl sites for hydroxylation is 1. The number of benzene rings is 2. The van der Waals surface area contributed by atoms with E-state index in [0.29, 0.717) is 32.2 Å². The molecule has 2 aromatic carbocycles. The van der Waals surface area contributed by atoms with Gasteiger partial charge in [-0.3, -0.25) is 0 Å². The highest BCUT2D eigenvalue weighted by atomic mass is 35.5. The highest BCUT2D eigenvalue weighted by Crippen LogP contribution is 2.40. The first kappa shape index (κ1) is 19.8. The molecule has 0 saturated heterocycles. The summed E-state index contributed by atoms with van der Waals surface area (Å²) >= 11 is 8.12. The summed E-state index contributed by atoms with van der Waals surface area (Å²) in [5, 5.41) is 12.6. The van der Waals surface area contributed by atoms with Gasteiger partial charge in [-0.25, -0.2) is 4.79 Å². The number of amidine groups is 1. The summed E-state index contributed by atoms with van der Waals surface area (Å²) in [5.41, 5.74) is 2.18. The van der Waals surface area contributed by atoms with Crippen molar-refractivity contribution in [1.82, 2.24) is 8.75 Å². The van der Waals surface area contributed by atoms with Gasteiger partial charge in [0.1, 0.15) is 15.9 Å². The molecular formula is C17H11ClN4O4S3. The molecule has 8 nitrogen and oxygen atoms in total. The largest absolute Gasteiger partial charge is 0.478 e. The minimum atomic E-state index is -4.12. The van der Waals surface area contributed by atoms with Crippen LogP contribution in [0.4, 0.5) is 5.69 Å². The van der Waals surface area contributed by atoms with E-state index in [9.17, 15) is 18.3 Å². The Kier molecular flexibility index (Phi) is 5.07. The number of aromatic nitrogens is 2. The summed E-state index contributed by atoms with van der Waals surface area (Å²) in [5.74, 6) is -1.36. The minimum Gasteiger partial charge on any atom is -0.478 e. The lowest BCUT2D eigenvalue weighted by Gasteiger charge is -2.11. The van der Waals surface area contributed by atoms with Crippen LogP contribution in [0.5, 0.6) is 0 Å². The number of fused-ring (bicyclic) bond motifs is 2. The summed E-state index contributed by atoms with van der Waals surface area (Å²) in [4.78, 5) is 11.7. The molecule has 2 N–H and O–H groups in total. The summed E-state index contributed by atoms with van der Waals surface area (Å²) in [7, 11) is -4.12. The molecule has 0 fully saturated rings. The van der Waals surface area contributed by atoms with Crippen molar-refractivity contribution in [2.45, 2.75) is 16.7 Å². The monoisotopic (exact) mass is 466 g/mol. The van der Waals surface area contributed by atoms with Crippen molar-refractivity contribution >= 4 is 73.6 Å². The average Bonchev–Trinajstić information content (AvgIpc) is 3.09. The molecule has 0 saturated carbocycles. The predicted molar refractivity (Wildman–Crippen MR) is 113 cm³/mol. The Morgan fingerprint density at radius 1 is 1.28 bits per heavy atom. The van der Waals surface area contributed by atoms with Gasteiger partial charge >= 0.3 is 5.97 Å². The zero-order valence-corrected chi connectivity index (χ0v) is 17.8. The van der Waals surface area contributed by atoms with Crippen LogP contribution in [0.1, 0.15) is 5.56 Å². The van der Waals surface area contributed by atoms with E-state index in [0.717, 1.165) is 29.6 Å². The summed E-state index contributed by atoms with van der Waals surface area (Å²) in [6, 6.07) is 8.09. The topological polar surface area (TPSA) is 122 Å². The van der Waals surface area contributed by atoms with E-state index in [1.165, 1.54) is 12.1 Å². The summed E-state index contributed by atoms with van der Waals surface area (Å²) in [6.45, 7) is 1.68. The van der Waals surface area contributed by atoms with Gasteiger partial charge in [0.25, 0.3) is 10.0 Å². The fraction of sp³-hybridized carbons (Fsp3) is 0.0588. The van der Waals surface area contributed by atoms with Crippen LogP contribution in [0.2, 0.25) is 5.02 Å². The van der Waals surface area contributed by atoms with Crippen LogP contribution >= 0.6 is 35.1 Å². The first-order valence-corrected chi connectivity index (χ1v) is 11.4. The van der Waals surface area contributed by atoms with Crippen LogP contribution in [0, 0.1) is 6.92 Å². The molecule has 12 heteroatoms. The Labute approximate surface area is 178 Å². The van der Waals surface area contributed by atoms with E-state index >= 15 is 0 Å². The summed E-state index contributed by atoms with van der Waals surface area (Å²) < 4.78 is 38.1. The van der Waals surface area contributed by atoms with E-state index in [4.69, 9.17) is 11.6 Å². The van der Waals surface area contributed by atoms with Gasteiger partial charge in [0, 0.05) is 16.0 Å². The SMILES string of the molecule is Cc1cc2c(cc1Cl)S/C(=C/C(=O)O)C(Nc1cccc3nsnc13)=NS2(=O)=O. The maximum atomic E-state index is 12.9. The highest BCUT2D eigenvalue weighted by Gasteiger charge is 2.28. The second-order valence-electron chi connectivity index (χ2n) is 5.97. The van der Waals surface area contributed by atoms with Gasteiger partial charge in [-0.1, -0.05) is 29.4 Å². The molecule has 0 unspecified atom stereocenters. The van der Waals surface area contributed by atoms with Crippen molar-refractivity contribution in [2.75, 3.05) is 5.32 Å². The fourth-order valence-corrected chi connectivity index (χ4v) is 5.95. The summed E-state index contributed by atoms with van der Waals surface area (Å²) in [6.07, 6.45) is 0.897. The molecule has 0 atom stereocenters. The number of halogens is 1. The zero-order valence-electron chi connectivity index (χ0n) is 14.6. The van der Waals surface area contributed by atoms with E-state index < -0.39 is 16.0 Å². The molecule has 2 heterocycles. The molecule has 0 aliphatic carbocycles. The smallest absolute Gasteiger partial charge is 0.329 e. The van der Waals surface area contributed by atoms with E-state index in [1.54, 1.807) is 25.1 Å². The molecule has 29 heavy (non-hydrogen) atoms. The number of hydrogen-bond acceptors (Lipinski definition) is 8. The normalized spacial score (nSPS) is 16.9. The van der Waals surface area contributed by atoms with Gasteiger partial charge < -0.3 is 10.4 Å². The van der Waals surface area contributed by atoms with Crippen LogP contribution in [-0.4, -0.2) is 34.1 Å². The Morgan fingerprint density at radius 2 is 2.07 bits per heavy atom. The molecule has 1 aromatic heterocycles. The third kappa shape index (κ3) is 3.86.